The van der Waals surface area contributed by atoms with Crippen LogP contribution in [-0.4, -0.2) is 43.1 Å². The minimum absolute atomic E-state index is 0. The Morgan fingerprint density at radius 2 is 1.50 bits per heavy atom. The van der Waals surface area contributed by atoms with E-state index in [9.17, 15) is 0 Å². The van der Waals surface area contributed by atoms with Crippen molar-refractivity contribution in [3.05, 3.63) is 0 Å². The van der Waals surface area contributed by atoms with E-state index in [0.29, 0.717) is 0 Å². The molecule has 0 spiro atoms. The monoisotopic (exact) mass is 126 g/mol. The van der Waals surface area contributed by atoms with Crippen molar-refractivity contribution in [3.8, 4) is 0 Å². The summed E-state index contributed by atoms with van der Waals surface area (Å²) in [6.45, 7) is 0. The summed E-state index contributed by atoms with van der Waals surface area (Å²) in [5, 5.41) is 0.194. The first-order valence-electron chi connectivity index (χ1n) is 0.535. The van der Waals surface area contributed by atoms with Gasteiger partial charge in [0.2, 0.25) is 0 Å². The van der Waals surface area contributed by atoms with Crippen molar-refractivity contribution in [1.29, 1.82) is 0 Å². The molecular weight excluding hydrogens is 123 g/mol. The van der Waals surface area contributed by atoms with E-state index >= 15 is 0 Å². The molecule has 0 aliphatic heterocycles. The largest absolute Gasteiger partial charge is 2.00 e. The maximum atomic E-state index is 4.76. The molecule has 0 saturated carbocycles. The SMILES string of the molecule is ClCCl.[Ca+2].[H-].[H-]. The molecule has 0 bridgehead atoms. The van der Waals surface area contributed by atoms with Crippen LogP contribution in [0.2, 0.25) is 0 Å². The van der Waals surface area contributed by atoms with Crippen molar-refractivity contribution in [3.63, 3.8) is 0 Å². The summed E-state index contributed by atoms with van der Waals surface area (Å²) >= 11 is 9.53. The fourth-order valence-corrected chi connectivity index (χ4v) is 0. The van der Waals surface area contributed by atoms with Crippen LogP contribution in [0.25, 0.3) is 0 Å². The molecule has 0 saturated heterocycles. The minimum atomic E-state index is 0. The molecule has 0 rings (SSSR count). The van der Waals surface area contributed by atoms with Gasteiger partial charge in [0.15, 0.2) is 0 Å². The van der Waals surface area contributed by atoms with E-state index in [1.54, 1.807) is 0 Å². The molecule has 24 valence electrons. The summed E-state index contributed by atoms with van der Waals surface area (Å²) in [4.78, 5) is 0. The van der Waals surface area contributed by atoms with Gasteiger partial charge in [-0.3, -0.25) is 0 Å². The van der Waals surface area contributed by atoms with Gasteiger partial charge in [-0.15, -0.1) is 23.2 Å². The number of rotatable bonds is 0. The Bertz CT molecular complexity index is 11.5. The third kappa shape index (κ3) is 9.15. The van der Waals surface area contributed by atoms with Gasteiger partial charge in [0.05, 0.1) is 5.34 Å². The Morgan fingerprint density at radius 1 is 1.50 bits per heavy atom. The molecule has 0 radical (unpaired) electrons. The zero-order valence-electron chi connectivity index (χ0n) is 4.17. The molecule has 0 aliphatic carbocycles. The maximum absolute atomic E-state index is 4.76. The topological polar surface area (TPSA) is 0 Å². The van der Waals surface area contributed by atoms with Crippen LogP contribution < -0.4 is 0 Å². The summed E-state index contributed by atoms with van der Waals surface area (Å²) < 4.78 is 0. The van der Waals surface area contributed by atoms with E-state index in [0.717, 1.165) is 0 Å². The Balaban J connectivity index is -0.00000000667. The smallest absolute Gasteiger partial charge is 1.00 e. The maximum Gasteiger partial charge on any atom is 2.00 e. The molecule has 0 aromatic carbocycles. The number of alkyl halides is 2. The van der Waals surface area contributed by atoms with Gasteiger partial charge in [-0.05, 0) is 0 Å². The molecule has 0 atom stereocenters. The van der Waals surface area contributed by atoms with Gasteiger partial charge in [0.25, 0.3) is 0 Å². The quantitative estimate of drug-likeness (QED) is 0.339. The summed E-state index contributed by atoms with van der Waals surface area (Å²) in [5.41, 5.74) is 0. The summed E-state index contributed by atoms with van der Waals surface area (Å²) in [7, 11) is 0. The number of halogens is 2. The summed E-state index contributed by atoms with van der Waals surface area (Å²) in [6.07, 6.45) is 0. The van der Waals surface area contributed by atoms with E-state index in [2.05, 4.69) is 0 Å². The first-order valence-corrected chi connectivity index (χ1v) is 1.60. The molecule has 0 N–H and O–H groups in total. The fourth-order valence-electron chi connectivity index (χ4n) is 0. The zero-order valence-corrected chi connectivity index (χ0v) is 5.89. The van der Waals surface area contributed by atoms with Crippen LogP contribution in [0.5, 0.6) is 0 Å². The van der Waals surface area contributed by atoms with E-state index in [4.69, 9.17) is 23.2 Å². The molecule has 0 heterocycles. The zero-order chi connectivity index (χ0) is 2.71. The Kier molecular flexibility index (Phi) is 20.5. The second kappa shape index (κ2) is 8.85. The summed E-state index contributed by atoms with van der Waals surface area (Å²) in [5.74, 6) is 0. The molecule has 3 heteroatoms. The van der Waals surface area contributed by atoms with Crippen LogP contribution in [0.4, 0.5) is 0 Å². The van der Waals surface area contributed by atoms with Gasteiger partial charge in [-0.2, -0.15) is 0 Å². The molecule has 0 aromatic heterocycles. The van der Waals surface area contributed by atoms with Crippen LogP contribution >= 0.6 is 23.2 Å². The average molecular weight is 127 g/mol. The average Bonchev–Trinajstić information content (AvgIpc) is 0.918. The van der Waals surface area contributed by atoms with Gasteiger partial charge >= 0.3 is 37.7 Å². The van der Waals surface area contributed by atoms with Crippen molar-refractivity contribution in [2.24, 2.45) is 0 Å². The molecule has 0 aromatic rings. The molecular formula is CH4CaCl2. The Labute approximate surface area is 68.4 Å². The van der Waals surface area contributed by atoms with Crippen LogP contribution in [0.3, 0.4) is 0 Å². The molecule has 0 amide bonds. The minimum Gasteiger partial charge on any atom is -1.00 e. The Morgan fingerprint density at radius 3 is 1.50 bits per heavy atom. The summed E-state index contributed by atoms with van der Waals surface area (Å²) in [6, 6.07) is 0. The van der Waals surface area contributed by atoms with E-state index in [-0.39, 0.29) is 45.9 Å². The van der Waals surface area contributed by atoms with Gasteiger partial charge in [-0.25, -0.2) is 0 Å². The van der Waals surface area contributed by atoms with Crippen LogP contribution in [0.1, 0.15) is 2.85 Å². The molecule has 4 heavy (non-hydrogen) atoms. The van der Waals surface area contributed by atoms with Gasteiger partial charge < -0.3 is 2.85 Å². The Hall–Kier alpha value is 1.84. The van der Waals surface area contributed by atoms with Crippen molar-refractivity contribution < 1.29 is 2.85 Å². The van der Waals surface area contributed by atoms with Crippen LogP contribution in [-0.2, 0) is 0 Å². The molecule has 0 fully saturated rings. The van der Waals surface area contributed by atoms with Crippen LogP contribution in [0, 0.1) is 0 Å². The fraction of sp³-hybridized carbons (Fsp3) is 1.00. The van der Waals surface area contributed by atoms with Crippen molar-refractivity contribution >= 4 is 60.9 Å². The predicted octanol–water partition coefficient (Wildman–Crippen LogP) is 1.27. The van der Waals surface area contributed by atoms with Gasteiger partial charge in [0.1, 0.15) is 0 Å². The van der Waals surface area contributed by atoms with E-state index in [1.807, 2.05) is 0 Å². The second-order valence-corrected chi connectivity index (χ2v) is 0.909. The molecule has 0 aliphatic rings. The van der Waals surface area contributed by atoms with Gasteiger partial charge in [-0.1, -0.05) is 0 Å². The molecule has 0 nitrogen and oxygen atoms in total. The molecule has 0 unspecified atom stereocenters. The first-order chi connectivity index (χ1) is 1.41. The van der Waals surface area contributed by atoms with Gasteiger partial charge in [0, 0.05) is 0 Å². The second-order valence-electron chi connectivity index (χ2n) is 0.101. The van der Waals surface area contributed by atoms with Crippen molar-refractivity contribution in [2.75, 3.05) is 5.34 Å². The van der Waals surface area contributed by atoms with E-state index < -0.39 is 0 Å². The standard InChI is InChI=1S/CH2Cl2.Ca.2H/c2-1-3;;;/h1H2;;;/q;+2;2*-1. The third-order valence-corrected chi connectivity index (χ3v) is 0. The number of hydrogen-bond acceptors (Lipinski definition) is 0. The van der Waals surface area contributed by atoms with E-state index in [1.165, 1.54) is 0 Å². The van der Waals surface area contributed by atoms with Crippen LogP contribution in [0.15, 0.2) is 0 Å². The normalized spacial score (nSPS) is 4.50. The predicted molar refractivity (Wildman–Crippen MR) is 24.6 cm³/mol. The first kappa shape index (κ1) is 9.28. The third-order valence-electron chi connectivity index (χ3n) is 0. The van der Waals surface area contributed by atoms with Crippen molar-refractivity contribution in [2.45, 2.75) is 0 Å². The van der Waals surface area contributed by atoms with Crippen molar-refractivity contribution in [1.82, 2.24) is 0 Å². The number of hydrogen-bond donors (Lipinski definition) is 0.